The van der Waals surface area contributed by atoms with E-state index in [0.717, 1.165) is 27.7 Å². The molecule has 29 heavy (non-hydrogen) atoms. The molecule has 3 rings (SSSR count). The van der Waals surface area contributed by atoms with Gasteiger partial charge in [0.2, 0.25) is 0 Å². The fourth-order valence-electron chi connectivity index (χ4n) is 3.56. The highest BCUT2D eigenvalue weighted by Gasteiger charge is 2.37. The second-order valence-electron chi connectivity index (χ2n) is 6.83. The summed E-state index contributed by atoms with van der Waals surface area (Å²) in [5.41, 5.74) is 2.53. The van der Waals surface area contributed by atoms with Crippen molar-refractivity contribution in [3.63, 3.8) is 0 Å². The molecule has 2 aromatic rings. The molecule has 2 unspecified atom stereocenters. The lowest BCUT2D eigenvalue weighted by Gasteiger charge is -2.40. The van der Waals surface area contributed by atoms with Crippen molar-refractivity contribution in [1.29, 1.82) is 0 Å². The molecule has 2 amide bonds. The zero-order valence-corrected chi connectivity index (χ0v) is 18.1. The van der Waals surface area contributed by atoms with E-state index in [1.54, 1.807) is 11.8 Å². The minimum Gasteiger partial charge on any atom is -0.449 e. The molecule has 0 radical (unpaired) electrons. The van der Waals surface area contributed by atoms with Gasteiger partial charge < -0.3 is 14.8 Å². The number of nitrogens with zero attached hydrogens (tertiary/aromatic N) is 1. The van der Waals surface area contributed by atoms with E-state index in [1.165, 1.54) is 0 Å². The largest absolute Gasteiger partial charge is 0.449 e. The van der Waals surface area contributed by atoms with Gasteiger partial charge in [0.15, 0.2) is 0 Å². The first-order chi connectivity index (χ1) is 14.0. The van der Waals surface area contributed by atoms with Gasteiger partial charge in [-0.15, -0.1) is 0 Å². The molecule has 0 saturated heterocycles. The number of carbonyl (C=O) groups excluding carboxylic acids is 2. The maximum absolute atomic E-state index is 12.6. The molecule has 6 nitrogen and oxygen atoms in total. The normalized spacial score (nSPS) is 18.0. The maximum Gasteiger partial charge on any atom is 0.414 e. The number of anilines is 1. The van der Waals surface area contributed by atoms with Crippen LogP contribution in [-0.4, -0.2) is 24.8 Å². The van der Waals surface area contributed by atoms with Crippen LogP contribution in [0.25, 0.3) is 0 Å². The van der Waals surface area contributed by atoms with Gasteiger partial charge in [0.1, 0.15) is 6.61 Å². The molecule has 0 saturated carbocycles. The highest BCUT2D eigenvalue weighted by molar-refractivity contribution is 9.10. The molecule has 2 aromatic carbocycles. The van der Waals surface area contributed by atoms with Crippen molar-refractivity contribution in [3.05, 3.63) is 64.1 Å². The Morgan fingerprint density at radius 3 is 2.59 bits per heavy atom. The number of fused-ring (bicyclic) bond motifs is 1. The van der Waals surface area contributed by atoms with Gasteiger partial charge in [-0.05, 0) is 49.1 Å². The molecule has 2 atom stereocenters. The molecule has 154 valence electrons. The van der Waals surface area contributed by atoms with Gasteiger partial charge >= 0.3 is 12.2 Å². The Balaban J connectivity index is 1.79. The summed E-state index contributed by atoms with van der Waals surface area (Å²) in [6.07, 6.45) is 0.474. The van der Waals surface area contributed by atoms with E-state index in [9.17, 15) is 9.59 Å². The van der Waals surface area contributed by atoms with Crippen molar-refractivity contribution in [2.45, 2.75) is 45.4 Å². The highest BCUT2D eigenvalue weighted by atomic mass is 79.9. The lowest BCUT2D eigenvalue weighted by molar-refractivity contribution is 0.133. The number of amides is 2. The van der Waals surface area contributed by atoms with E-state index in [-0.39, 0.29) is 24.8 Å². The lowest BCUT2D eigenvalue weighted by atomic mass is 9.90. The fraction of sp³-hybridized carbons (Fsp3) is 0.364. The average molecular weight is 461 g/mol. The first-order valence-corrected chi connectivity index (χ1v) is 10.5. The van der Waals surface area contributed by atoms with E-state index in [4.69, 9.17) is 9.47 Å². The van der Waals surface area contributed by atoms with Crippen molar-refractivity contribution in [2.24, 2.45) is 0 Å². The van der Waals surface area contributed by atoms with Crippen LogP contribution in [0, 0.1) is 0 Å². The molecule has 0 fully saturated rings. The molecule has 1 heterocycles. The average Bonchev–Trinajstić information content (AvgIpc) is 2.73. The number of alkyl carbamates (subject to hydrolysis) is 1. The molecule has 1 N–H and O–H groups in total. The van der Waals surface area contributed by atoms with Gasteiger partial charge in [0.25, 0.3) is 0 Å². The SMILES string of the molecule is CCOC(=O)N1c2ccc(Br)cc2C(NC(=O)OCc2ccccc2)CC1CC. The van der Waals surface area contributed by atoms with E-state index in [0.29, 0.717) is 13.0 Å². The highest BCUT2D eigenvalue weighted by Crippen LogP contribution is 2.40. The Labute approximate surface area is 179 Å². The Kier molecular flexibility index (Phi) is 7.14. The Bertz CT molecular complexity index is 859. The number of rotatable bonds is 5. The van der Waals surface area contributed by atoms with Crippen LogP contribution < -0.4 is 10.2 Å². The number of hydrogen-bond donors (Lipinski definition) is 1. The van der Waals surface area contributed by atoms with E-state index in [1.807, 2.05) is 55.5 Å². The first-order valence-electron chi connectivity index (χ1n) is 9.76. The summed E-state index contributed by atoms with van der Waals surface area (Å²) >= 11 is 3.49. The maximum atomic E-state index is 12.6. The summed E-state index contributed by atoms with van der Waals surface area (Å²) in [7, 11) is 0. The molecule has 0 spiro atoms. The van der Waals surface area contributed by atoms with E-state index < -0.39 is 6.09 Å². The van der Waals surface area contributed by atoms with Crippen molar-refractivity contribution in [3.8, 4) is 0 Å². The summed E-state index contributed by atoms with van der Waals surface area (Å²) in [6.45, 7) is 4.33. The van der Waals surface area contributed by atoms with Crippen molar-refractivity contribution >= 4 is 33.8 Å². The van der Waals surface area contributed by atoms with Crippen molar-refractivity contribution in [2.75, 3.05) is 11.5 Å². The van der Waals surface area contributed by atoms with Gasteiger partial charge in [-0.2, -0.15) is 0 Å². The predicted molar refractivity (Wildman–Crippen MR) is 115 cm³/mol. The number of nitrogens with one attached hydrogen (secondary N) is 1. The summed E-state index contributed by atoms with van der Waals surface area (Å²) in [5.74, 6) is 0. The van der Waals surface area contributed by atoms with Crippen LogP contribution in [-0.2, 0) is 16.1 Å². The number of ether oxygens (including phenoxy) is 2. The molecule has 1 aliphatic heterocycles. The van der Waals surface area contributed by atoms with Gasteiger partial charge in [0.05, 0.1) is 18.3 Å². The predicted octanol–water partition coefficient (Wildman–Crippen LogP) is 5.56. The molecule has 7 heteroatoms. The van der Waals surface area contributed by atoms with Crippen LogP contribution in [0.2, 0.25) is 0 Å². The summed E-state index contributed by atoms with van der Waals surface area (Å²) < 4.78 is 11.5. The number of carbonyl (C=O) groups is 2. The van der Waals surface area contributed by atoms with E-state index >= 15 is 0 Å². The molecule has 0 aliphatic carbocycles. The summed E-state index contributed by atoms with van der Waals surface area (Å²) in [5, 5.41) is 2.97. The van der Waals surface area contributed by atoms with Crippen molar-refractivity contribution in [1.82, 2.24) is 5.32 Å². The quantitative estimate of drug-likeness (QED) is 0.633. The van der Waals surface area contributed by atoms with Crippen LogP contribution in [0.5, 0.6) is 0 Å². The van der Waals surface area contributed by atoms with Crippen LogP contribution in [0.1, 0.15) is 43.9 Å². The van der Waals surface area contributed by atoms with Crippen LogP contribution in [0.3, 0.4) is 0 Å². The third kappa shape index (κ3) is 5.09. The van der Waals surface area contributed by atoms with Gasteiger partial charge in [-0.25, -0.2) is 9.59 Å². The Morgan fingerprint density at radius 1 is 1.14 bits per heavy atom. The van der Waals surface area contributed by atoms with Gasteiger partial charge in [-0.1, -0.05) is 53.2 Å². The zero-order valence-electron chi connectivity index (χ0n) is 16.6. The van der Waals surface area contributed by atoms with Crippen LogP contribution in [0.15, 0.2) is 53.0 Å². The monoisotopic (exact) mass is 460 g/mol. The number of hydrogen-bond acceptors (Lipinski definition) is 4. The van der Waals surface area contributed by atoms with Gasteiger partial charge in [0, 0.05) is 10.5 Å². The third-order valence-corrected chi connectivity index (χ3v) is 5.43. The standard InChI is InChI=1S/C22H25BrN2O4/c1-3-17-13-19(24-21(26)29-14-15-8-6-5-7-9-15)18-12-16(23)10-11-20(18)25(17)22(27)28-4-2/h5-12,17,19H,3-4,13-14H2,1-2H3,(H,24,26). The minimum absolute atomic E-state index is 0.0813. The smallest absolute Gasteiger partial charge is 0.414 e. The Morgan fingerprint density at radius 2 is 1.90 bits per heavy atom. The molecular weight excluding hydrogens is 436 g/mol. The number of halogens is 1. The van der Waals surface area contributed by atoms with Gasteiger partial charge in [-0.3, -0.25) is 4.90 Å². The Hall–Kier alpha value is -2.54. The molecule has 1 aliphatic rings. The summed E-state index contributed by atoms with van der Waals surface area (Å²) in [4.78, 5) is 26.7. The topological polar surface area (TPSA) is 67.9 Å². The lowest BCUT2D eigenvalue weighted by Crippen LogP contribution is -2.47. The zero-order chi connectivity index (χ0) is 20.8. The van der Waals surface area contributed by atoms with Crippen LogP contribution >= 0.6 is 15.9 Å². The minimum atomic E-state index is -0.482. The molecule has 0 aromatic heterocycles. The van der Waals surface area contributed by atoms with Crippen LogP contribution in [0.4, 0.5) is 15.3 Å². The number of benzene rings is 2. The second-order valence-corrected chi connectivity index (χ2v) is 7.74. The second kappa shape index (κ2) is 9.78. The summed E-state index contributed by atoms with van der Waals surface area (Å²) in [6, 6.07) is 14.9. The fourth-order valence-corrected chi connectivity index (χ4v) is 3.94. The third-order valence-electron chi connectivity index (χ3n) is 4.94. The molecule has 0 bridgehead atoms. The first kappa shape index (κ1) is 21.2. The van der Waals surface area contributed by atoms with E-state index in [2.05, 4.69) is 21.2 Å². The molecular formula is C22H25BrN2O4. The van der Waals surface area contributed by atoms with Crippen molar-refractivity contribution < 1.29 is 19.1 Å².